The fourth-order valence-corrected chi connectivity index (χ4v) is 4.04. The van der Waals surface area contributed by atoms with Gasteiger partial charge in [-0.2, -0.15) is 4.31 Å². The predicted octanol–water partition coefficient (Wildman–Crippen LogP) is 3.21. The molecule has 1 fully saturated rings. The summed E-state index contributed by atoms with van der Waals surface area (Å²) in [4.78, 5) is 12.4. The third-order valence-electron chi connectivity index (χ3n) is 4.30. The second kappa shape index (κ2) is 7.45. The standard InChI is InChI=1S/C17H25NO4S/c1-13(2)18(3)23(20,21)16-11-7-8-14(12-16)17(19)22-15-9-5-4-6-10-15/h7-8,11-13,15H,4-6,9-10H2,1-3H3. The predicted molar refractivity (Wildman–Crippen MR) is 88.8 cm³/mol. The molecule has 0 heterocycles. The Kier molecular flexibility index (Phi) is 5.81. The Morgan fingerprint density at radius 3 is 2.48 bits per heavy atom. The Morgan fingerprint density at radius 2 is 1.87 bits per heavy atom. The van der Waals surface area contributed by atoms with Gasteiger partial charge in [0, 0.05) is 13.1 Å². The van der Waals surface area contributed by atoms with Crippen molar-refractivity contribution in [2.75, 3.05) is 7.05 Å². The van der Waals surface area contributed by atoms with Crippen LogP contribution in [-0.2, 0) is 14.8 Å². The average molecular weight is 339 g/mol. The van der Waals surface area contributed by atoms with E-state index in [4.69, 9.17) is 4.74 Å². The fourth-order valence-electron chi connectivity index (χ4n) is 2.63. The van der Waals surface area contributed by atoms with Gasteiger partial charge in [0.05, 0.1) is 10.5 Å². The quantitative estimate of drug-likeness (QED) is 0.773. The van der Waals surface area contributed by atoms with Gasteiger partial charge in [0.25, 0.3) is 0 Å². The van der Waals surface area contributed by atoms with E-state index >= 15 is 0 Å². The number of rotatable bonds is 5. The van der Waals surface area contributed by atoms with Gasteiger partial charge in [-0.3, -0.25) is 0 Å². The number of sulfonamides is 1. The Bertz CT molecular complexity index is 648. The zero-order valence-electron chi connectivity index (χ0n) is 14.0. The van der Waals surface area contributed by atoms with Crippen LogP contribution in [0.5, 0.6) is 0 Å². The second-order valence-corrected chi connectivity index (χ2v) is 8.31. The molecular formula is C17H25NO4S. The lowest BCUT2D eigenvalue weighted by atomic mass is 9.98. The molecule has 0 N–H and O–H groups in total. The summed E-state index contributed by atoms with van der Waals surface area (Å²) in [6.45, 7) is 3.61. The van der Waals surface area contributed by atoms with Gasteiger partial charge in [-0.05, 0) is 57.7 Å². The molecule has 0 spiro atoms. The van der Waals surface area contributed by atoms with Crippen molar-refractivity contribution in [3.05, 3.63) is 29.8 Å². The van der Waals surface area contributed by atoms with Crippen LogP contribution in [-0.4, -0.2) is 37.9 Å². The molecule has 0 atom stereocenters. The summed E-state index contributed by atoms with van der Waals surface area (Å²) in [6, 6.07) is 5.93. The lowest BCUT2D eigenvalue weighted by molar-refractivity contribution is 0.0211. The van der Waals surface area contributed by atoms with E-state index in [1.807, 2.05) is 0 Å². The van der Waals surface area contributed by atoms with Crippen molar-refractivity contribution in [3.8, 4) is 0 Å². The largest absolute Gasteiger partial charge is 0.459 e. The molecule has 1 aromatic carbocycles. The number of benzene rings is 1. The van der Waals surface area contributed by atoms with Gasteiger partial charge in [0.1, 0.15) is 6.10 Å². The molecule has 128 valence electrons. The van der Waals surface area contributed by atoms with E-state index < -0.39 is 16.0 Å². The molecule has 0 aliphatic heterocycles. The van der Waals surface area contributed by atoms with Gasteiger partial charge < -0.3 is 4.74 Å². The number of carbonyl (C=O) groups excluding carboxylic acids is 1. The van der Waals surface area contributed by atoms with Crippen LogP contribution in [0.1, 0.15) is 56.3 Å². The van der Waals surface area contributed by atoms with Gasteiger partial charge in [0.2, 0.25) is 10.0 Å². The van der Waals surface area contributed by atoms with Crippen molar-refractivity contribution in [1.29, 1.82) is 0 Å². The molecule has 0 unspecified atom stereocenters. The van der Waals surface area contributed by atoms with Crippen LogP contribution in [0.3, 0.4) is 0 Å². The lowest BCUT2D eigenvalue weighted by Gasteiger charge is -2.22. The monoisotopic (exact) mass is 339 g/mol. The van der Waals surface area contributed by atoms with Crippen molar-refractivity contribution in [3.63, 3.8) is 0 Å². The molecule has 0 amide bonds. The summed E-state index contributed by atoms with van der Waals surface area (Å²) in [5.74, 6) is -0.443. The highest BCUT2D eigenvalue weighted by Gasteiger charge is 2.25. The summed E-state index contributed by atoms with van der Waals surface area (Å²) in [5.41, 5.74) is 0.286. The lowest BCUT2D eigenvalue weighted by Crippen LogP contribution is -2.33. The van der Waals surface area contributed by atoms with E-state index in [1.54, 1.807) is 26.0 Å². The Balaban J connectivity index is 2.17. The van der Waals surface area contributed by atoms with E-state index in [0.29, 0.717) is 0 Å². The Morgan fingerprint density at radius 1 is 1.22 bits per heavy atom. The van der Waals surface area contributed by atoms with Crippen LogP contribution in [0.25, 0.3) is 0 Å². The molecule has 0 radical (unpaired) electrons. The number of carbonyl (C=O) groups is 1. The van der Waals surface area contributed by atoms with Crippen LogP contribution in [0.15, 0.2) is 29.2 Å². The SMILES string of the molecule is CC(C)N(C)S(=O)(=O)c1cccc(C(=O)OC2CCCCC2)c1. The molecule has 1 aliphatic rings. The minimum atomic E-state index is -3.60. The van der Waals surface area contributed by atoms with Crippen LogP contribution < -0.4 is 0 Å². The summed E-state index contributed by atoms with van der Waals surface area (Å²) >= 11 is 0. The molecule has 5 nitrogen and oxygen atoms in total. The van der Waals surface area contributed by atoms with E-state index in [2.05, 4.69) is 0 Å². The normalized spacial score (nSPS) is 16.7. The fraction of sp³-hybridized carbons (Fsp3) is 0.588. The molecular weight excluding hydrogens is 314 g/mol. The summed E-state index contributed by atoms with van der Waals surface area (Å²) in [5, 5.41) is 0. The van der Waals surface area contributed by atoms with Gasteiger partial charge >= 0.3 is 5.97 Å². The van der Waals surface area contributed by atoms with E-state index in [-0.39, 0.29) is 22.6 Å². The van der Waals surface area contributed by atoms with Crippen molar-refractivity contribution >= 4 is 16.0 Å². The summed E-state index contributed by atoms with van der Waals surface area (Å²) < 4.78 is 31.8. The van der Waals surface area contributed by atoms with Crippen molar-refractivity contribution in [2.45, 2.75) is 63.0 Å². The molecule has 6 heteroatoms. The molecule has 1 aliphatic carbocycles. The zero-order valence-corrected chi connectivity index (χ0v) is 14.8. The van der Waals surface area contributed by atoms with Crippen molar-refractivity contribution in [2.24, 2.45) is 0 Å². The molecule has 0 saturated heterocycles. The zero-order chi connectivity index (χ0) is 17.0. The van der Waals surface area contributed by atoms with Crippen LogP contribution in [0, 0.1) is 0 Å². The molecule has 1 aromatic rings. The Labute approximate surface area is 138 Å². The average Bonchev–Trinajstić information content (AvgIpc) is 2.55. The minimum absolute atomic E-state index is 0.0464. The van der Waals surface area contributed by atoms with Crippen molar-refractivity contribution < 1.29 is 17.9 Å². The smallest absolute Gasteiger partial charge is 0.338 e. The number of nitrogens with zero attached hydrogens (tertiary/aromatic N) is 1. The highest BCUT2D eigenvalue weighted by molar-refractivity contribution is 7.89. The highest BCUT2D eigenvalue weighted by Crippen LogP contribution is 2.23. The number of hydrogen-bond donors (Lipinski definition) is 0. The summed E-state index contributed by atoms with van der Waals surface area (Å²) in [7, 11) is -2.07. The molecule has 2 rings (SSSR count). The molecule has 0 bridgehead atoms. The summed E-state index contributed by atoms with van der Waals surface area (Å²) in [6.07, 6.45) is 5.06. The van der Waals surface area contributed by atoms with Crippen LogP contribution in [0.2, 0.25) is 0 Å². The van der Waals surface area contributed by atoms with Gasteiger partial charge in [-0.15, -0.1) is 0 Å². The van der Waals surface area contributed by atoms with E-state index in [1.165, 1.54) is 29.9 Å². The topological polar surface area (TPSA) is 63.7 Å². The molecule has 0 aromatic heterocycles. The highest BCUT2D eigenvalue weighted by atomic mass is 32.2. The first kappa shape index (κ1) is 17.9. The first-order chi connectivity index (χ1) is 10.8. The minimum Gasteiger partial charge on any atom is -0.459 e. The van der Waals surface area contributed by atoms with Gasteiger partial charge in [-0.1, -0.05) is 12.5 Å². The number of hydrogen-bond acceptors (Lipinski definition) is 4. The van der Waals surface area contributed by atoms with Gasteiger partial charge in [0.15, 0.2) is 0 Å². The second-order valence-electron chi connectivity index (χ2n) is 6.31. The van der Waals surface area contributed by atoms with Crippen molar-refractivity contribution in [1.82, 2.24) is 4.31 Å². The molecule has 1 saturated carbocycles. The maximum Gasteiger partial charge on any atom is 0.338 e. The van der Waals surface area contributed by atoms with Crippen LogP contribution in [0.4, 0.5) is 0 Å². The maximum atomic E-state index is 12.5. The Hall–Kier alpha value is -1.40. The van der Waals surface area contributed by atoms with E-state index in [9.17, 15) is 13.2 Å². The number of ether oxygens (including phenoxy) is 1. The third-order valence-corrected chi connectivity index (χ3v) is 6.33. The molecule has 23 heavy (non-hydrogen) atoms. The van der Waals surface area contributed by atoms with Crippen LogP contribution >= 0.6 is 0 Å². The van der Waals surface area contributed by atoms with E-state index in [0.717, 1.165) is 25.7 Å². The first-order valence-electron chi connectivity index (χ1n) is 8.11. The third kappa shape index (κ3) is 4.32. The van der Waals surface area contributed by atoms with Gasteiger partial charge in [-0.25, -0.2) is 13.2 Å². The number of esters is 1. The first-order valence-corrected chi connectivity index (χ1v) is 9.55. The maximum absolute atomic E-state index is 12.5.